The Labute approximate surface area is 75.6 Å². The maximum Gasteiger partial charge on any atom is 0.226 e. The van der Waals surface area contributed by atoms with E-state index in [-0.39, 0.29) is 5.88 Å². The molecule has 0 aliphatic rings. The molecular formula is C8H11ClO3. The summed E-state index contributed by atoms with van der Waals surface area (Å²) in [5.74, 6) is 0.0912. The summed E-state index contributed by atoms with van der Waals surface area (Å²) in [6.45, 7) is 4.00. The lowest BCUT2D eigenvalue weighted by Crippen LogP contribution is -1.98. The largest absolute Gasteiger partial charge is 0.502 e. The molecule has 0 atom stereocenters. The average Bonchev–Trinajstić information content (AvgIpc) is 2.13. The van der Waals surface area contributed by atoms with E-state index in [1.165, 1.54) is 0 Å². The Morgan fingerprint density at radius 3 is 2.58 bits per heavy atom. The molecular weight excluding hydrogens is 180 g/mol. The smallest absolute Gasteiger partial charge is 0.226 e. The first-order chi connectivity index (χ1) is 5.74. The molecule has 1 N–H and O–H groups in total. The van der Waals surface area contributed by atoms with E-state index in [1.807, 2.05) is 13.8 Å². The van der Waals surface area contributed by atoms with Crippen LogP contribution < -0.4 is 5.43 Å². The monoisotopic (exact) mass is 190 g/mol. The van der Waals surface area contributed by atoms with Gasteiger partial charge in [-0.3, -0.25) is 4.79 Å². The predicted molar refractivity (Wildman–Crippen MR) is 47.5 cm³/mol. The highest BCUT2D eigenvalue weighted by Gasteiger charge is 1.98. The summed E-state index contributed by atoms with van der Waals surface area (Å²) in [7, 11) is 0. The van der Waals surface area contributed by atoms with Gasteiger partial charge in [0.05, 0.1) is 5.88 Å². The lowest BCUT2D eigenvalue weighted by Gasteiger charge is -1.91. The lowest BCUT2D eigenvalue weighted by atomic mass is 10.4. The third-order valence-corrected chi connectivity index (χ3v) is 1.26. The summed E-state index contributed by atoms with van der Waals surface area (Å²) in [5, 5.41) is 8.69. The van der Waals surface area contributed by atoms with Crippen LogP contribution in [0.2, 0.25) is 0 Å². The molecule has 0 radical (unpaired) electrons. The highest BCUT2D eigenvalue weighted by atomic mass is 35.5. The first-order valence-electron chi connectivity index (χ1n) is 3.60. The van der Waals surface area contributed by atoms with E-state index >= 15 is 0 Å². The van der Waals surface area contributed by atoms with Crippen LogP contribution in [-0.4, -0.2) is 5.11 Å². The molecule has 0 saturated carbocycles. The second kappa shape index (κ2) is 5.66. The van der Waals surface area contributed by atoms with Crippen LogP contribution in [0.5, 0.6) is 5.75 Å². The van der Waals surface area contributed by atoms with Crippen LogP contribution in [-0.2, 0) is 5.88 Å². The molecule has 0 saturated heterocycles. The molecule has 0 unspecified atom stereocenters. The molecule has 0 aliphatic heterocycles. The lowest BCUT2D eigenvalue weighted by molar-refractivity contribution is 0.419. The summed E-state index contributed by atoms with van der Waals surface area (Å²) in [4.78, 5) is 10.6. The van der Waals surface area contributed by atoms with Crippen LogP contribution in [0.3, 0.4) is 0 Å². The molecule has 0 amide bonds. The van der Waals surface area contributed by atoms with Crippen LogP contribution in [0, 0.1) is 0 Å². The predicted octanol–water partition coefficient (Wildman–Crippen LogP) is 2.11. The van der Waals surface area contributed by atoms with Crippen molar-refractivity contribution in [1.82, 2.24) is 0 Å². The van der Waals surface area contributed by atoms with Crippen molar-refractivity contribution < 1.29 is 9.52 Å². The van der Waals surface area contributed by atoms with Crippen molar-refractivity contribution in [2.75, 3.05) is 0 Å². The van der Waals surface area contributed by atoms with Gasteiger partial charge in [0.15, 0.2) is 5.75 Å². The Bertz CT molecular complexity index is 280. The minimum absolute atomic E-state index is 0.134. The number of hydrogen-bond donors (Lipinski definition) is 1. The van der Waals surface area contributed by atoms with E-state index in [4.69, 9.17) is 21.1 Å². The molecule has 12 heavy (non-hydrogen) atoms. The van der Waals surface area contributed by atoms with Crippen molar-refractivity contribution in [2.24, 2.45) is 0 Å². The van der Waals surface area contributed by atoms with Crippen molar-refractivity contribution in [3.63, 3.8) is 0 Å². The SMILES string of the molecule is CC.O=c1cc(CCl)occ1O. The highest BCUT2D eigenvalue weighted by molar-refractivity contribution is 6.16. The number of alkyl halides is 1. The van der Waals surface area contributed by atoms with Crippen molar-refractivity contribution in [2.45, 2.75) is 19.7 Å². The van der Waals surface area contributed by atoms with Gasteiger partial charge in [-0.05, 0) is 0 Å². The summed E-state index contributed by atoms with van der Waals surface area (Å²) < 4.78 is 4.71. The average molecular weight is 191 g/mol. The fraction of sp³-hybridized carbons (Fsp3) is 0.375. The normalized spacial score (nSPS) is 8.58. The summed E-state index contributed by atoms with van der Waals surface area (Å²) in [6, 6.07) is 1.16. The number of aromatic hydroxyl groups is 1. The summed E-state index contributed by atoms with van der Waals surface area (Å²) in [5.41, 5.74) is -0.470. The first kappa shape index (κ1) is 11.0. The summed E-state index contributed by atoms with van der Waals surface area (Å²) in [6.07, 6.45) is 0.972. The van der Waals surface area contributed by atoms with Gasteiger partial charge in [-0.25, -0.2) is 0 Å². The van der Waals surface area contributed by atoms with Crippen LogP contribution in [0.1, 0.15) is 19.6 Å². The molecule has 1 heterocycles. The number of hydrogen-bond acceptors (Lipinski definition) is 3. The van der Waals surface area contributed by atoms with Gasteiger partial charge in [0.1, 0.15) is 12.0 Å². The van der Waals surface area contributed by atoms with Gasteiger partial charge in [-0.2, -0.15) is 0 Å². The zero-order valence-corrected chi connectivity index (χ0v) is 7.76. The standard InChI is InChI=1S/C6H5ClO3.C2H6/c7-2-4-1-5(8)6(9)3-10-4;1-2/h1,3,9H,2H2;1-2H3. The van der Waals surface area contributed by atoms with Gasteiger partial charge < -0.3 is 9.52 Å². The van der Waals surface area contributed by atoms with E-state index in [2.05, 4.69) is 0 Å². The maximum absolute atomic E-state index is 10.6. The fourth-order valence-corrected chi connectivity index (χ4v) is 0.654. The van der Waals surface area contributed by atoms with Crippen molar-refractivity contribution in [3.8, 4) is 5.75 Å². The molecule has 1 aromatic heterocycles. The fourth-order valence-electron chi connectivity index (χ4n) is 0.514. The van der Waals surface area contributed by atoms with Crippen molar-refractivity contribution in [1.29, 1.82) is 0 Å². The van der Waals surface area contributed by atoms with Crippen LogP contribution in [0.25, 0.3) is 0 Å². The van der Waals surface area contributed by atoms with Crippen molar-refractivity contribution in [3.05, 3.63) is 28.3 Å². The second-order valence-corrected chi connectivity index (χ2v) is 2.00. The van der Waals surface area contributed by atoms with Gasteiger partial charge in [-0.1, -0.05) is 13.8 Å². The number of halogens is 1. The minimum atomic E-state index is -0.470. The Hall–Kier alpha value is -0.960. The van der Waals surface area contributed by atoms with Gasteiger partial charge in [-0.15, -0.1) is 11.6 Å². The highest BCUT2D eigenvalue weighted by Crippen LogP contribution is 2.04. The molecule has 0 aliphatic carbocycles. The molecule has 1 aromatic rings. The molecule has 1 rings (SSSR count). The Morgan fingerprint density at radius 1 is 1.58 bits per heavy atom. The van der Waals surface area contributed by atoms with E-state index in [0.29, 0.717) is 5.76 Å². The van der Waals surface area contributed by atoms with Crippen LogP contribution in [0.4, 0.5) is 0 Å². The molecule has 0 aromatic carbocycles. The third-order valence-electron chi connectivity index (χ3n) is 0.998. The molecule has 0 spiro atoms. The van der Waals surface area contributed by atoms with E-state index < -0.39 is 11.2 Å². The second-order valence-electron chi connectivity index (χ2n) is 1.73. The van der Waals surface area contributed by atoms with Gasteiger partial charge in [0.2, 0.25) is 5.43 Å². The molecule has 68 valence electrons. The Kier molecular flexibility index (Phi) is 5.21. The third kappa shape index (κ3) is 2.96. The topological polar surface area (TPSA) is 50.4 Å². The molecule has 0 bridgehead atoms. The Morgan fingerprint density at radius 2 is 2.17 bits per heavy atom. The van der Waals surface area contributed by atoms with Crippen LogP contribution >= 0.6 is 11.6 Å². The van der Waals surface area contributed by atoms with Gasteiger partial charge in [0.25, 0.3) is 0 Å². The van der Waals surface area contributed by atoms with E-state index in [1.54, 1.807) is 0 Å². The molecule has 3 nitrogen and oxygen atoms in total. The van der Waals surface area contributed by atoms with E-state index in [9.17, 15) is 4.79 Å². The zero-order valence-electron chi connectivity index (χ0n) is 7.00. The first-order valence-corrected chi connectivity index (χ1v) is 4.14. The van der Waals surface area contributed by atoms with Crippen LogP contribution in [0.15, 0.2) is 21.5 Å². The maximum atomic E-state index is 10.6. The van der Waals surface area contributed by atoms with Gasteiger partial charge >= 0.3 is 0 Å². The van der Waals surface area contributed by atoms with E-state index in [0.717, 1.165) is 12.3 Å². The molecule has 0 fully saturated rings. The molecule has 4 heteroatoms. The number of rotatable bonds is 1. The van der Waals surface area contributed by atoms with Crippen molar-refractivity contribution >= 4 is 11.6 Å². The Balaban J connectivity index is 0.000000561. The quantitative estimate of drug-likeness (QED) is 0.690. The summed E-state index contributed by atoms with van der Waals surface area (Å²) >= 11 is 5.34. The van der Waals surface area contributed by atoms with Gasteiger partial charge in [0, 0.05) is 6.07 Å². The minimum Gasteiger partial charge on any atom is -0.502 e. The zero-order chi connectivity index (χ0) is 9.56.